The summed E-state index contributed by atoms with van der Waals surface area (Å²) < 4.78 is 8.75. The smallest absolute Gasteiger partial charge is 0.284 e. The number of fused-ring (bicyclic) bond motifs is 1. The van der Waals surface area contributed by atoms with Crippen molar-refractivity contribution in [1.82, 2.24) is 14.3 Å². The lowest BCUT2D eigenvalue weighted by atomic mass is 10.1. The van der Waals surface area contributed by atoms with Crippen molar-refractivity contribution in [2.75, 3.05) is 17.7 Å². The van der Waals surface area contributed by atoms with Gasteiger partial charge in [-0.3, -0.25) is 19.3 Å². The summed E-state index contributed by atoms with van der Waals surface area (Å²) in [5, 5.41) is 7.26. The van der Waals surface area contributed by atoms with Crippen molar-refractivity contribution in [3.63, 3.8) is 0 Å². The fourth-order valence-corrected chi connectivity index (χ4v) is 4.57. The van der Waals surface area contributed by atoms with E-state index in [9.17, 15) is 9.59 Å². The average molecular weight is 508 g/mol. The van der Waals surface area contributed by atoms with Gasteiger partial charge in [0.1, 0.15) is 11.3 Å². The maximum Gasteiger partial charge on any atom is 0.284 e. The zero-order valence-corrected chi connectivity index (χ0v) is 21.6. The molecule has 0 radical (unpaired) electrons. The summed E-state index contributed by atoms with van der Waals surface area (Å²) in [5.74, 6) is 0.319. The molecular formula is C30H29N5O3. The van der Waals surface area contributed by atoms with E-state index >= 15 is 0 Å². The molecule has 1 amide bonds. The Balaban J connectivity index is 1.38. The van der Waals surface area contributed by atoms with Crippen molar-refractivity contribution < 1.29 is 9.53 Å². The van der Waals surface area contributed by atoms with Gasteiger partial charge in [0.25, 0.3) is 11.5 Å². The van der Waals surface area contributed by atoms with Gasteiger partial charge in [-0.15, -0.1) is 0 Å². The van der Waals surface area contributed by atoms with Crippen LogP contribution in [0.4, 0.5) is 17.1 Å². The summed E-state index contributed by atoms with van der Waals surface area (Å²) in [6, 6.07) is 24.4. The predicted octanol–water partition coefficient (Wildman–Crippen LogP) is 5.91. The summed E-state index contributed by atoms with van der Waals surface area (Å²) in [5.41, 5.74) is 4.35. The Morgan fingerprint density at radius 3 is 2.42 bits per heavy atom. The van der Waals surface area contributed by atoms with Crippen molar-refractivity contribution in [1.29, 1.82) is 0 Å². The van der Waals surface area contributed by atoms with Crippen LogP contribution in [0.2, 0.25) is 0 Å². The quantitative estimate of drug-likeness (QED) is 0.273. The van der Waals surface area contributed by atoms with Crippen LogP contribution in [0.1, 0.15) is 29.4 Å². The highest BCUT2D eigenvalue weighted by Crippen LogP contribution is 2.28. The van der Waals surface area contributed by atoms with Crippen LogP contribution in [0.25, 0.3) is 16.6 Å². The van der Waals surface area contributed by atoms with Crippen molar-refractivity contribution in [3.8, 4) is 11.4 Å². The second-order valence-corrected chi connectivity index (χ2v) is 8.93. The van der Waals surface area contributed by atoms with Crippen LogP contribution in [-0.4, -0.2) is 27.4 Å². The SMILES string of the molecule is CCCn1c(C)c(C(=O)Nc2ccc(Nc3ccnc4cc(OC)ccc34)cc2)c(=O)n1-c1ccccc1. The first-order valence-electron chi connectivity index (χ1n) is 12.5. The lowest BCUT2D eigenvalue weighted by Crippen LogP contribution is -2.25. The lowest BCUT2D eigenvalue weighted by Gasteiger charge is -2.12. The zero-order chi connectivity index (χ0) is 26.6. The maximum absolute atomic E-state index is 13.4. The normalized spacial score (nSPS) is 10.9. The van der Waals surface area contributed by atoms with Gasteiger partial charge in [0.2, 0.25) is 0 Å². The number of para-hydroxylation sites is 1. The maximum atomic E-state index is 13.4. The van der Waals surface area contributed by atoms with E-state index in [-0.39, 0.29) is 11.1 Å². The summed E-state index contributed by atoms with van der Waals surface area (Å²) >= 11 is 0. The largest absolute Gasteiger partial charge is 0.497 e. The number of anilines is 3. The molecule has 8 nitrogen and oxygen atoms in total. The molecule has 2 aromatic heterocycles. The number of nitrogens with one attached hydrogen (secondary N) is 2. The fraction of sp³-hybridized carbons (Fsp3) is 0.167. The third-order valence-electron chi connectivity index (χ3n) is 6.43. The molecule has 5 rings (SSSR count). The minimum Gasteiger partial charge on any atom is -0.497 e. The summed E-state index contributed by atoms with van der Waals surface area (Å²) in [6.45, 7) is 4.48. The number of rotatable bonds is 8. The van der Waals surface area contributed by atoms with E-state index < -0.39 is 5.91 Å². The van der Waals surface area contributed by atoms with Crippen molar-refractivity contribution in [2.45, 2.75) is 26.8 Å². The van der Waals surface area contributed by atoms with Crippen molar-refractivity contribution in [3.05, 3.63) is 107 Å². The van der Waals surface area contributed by atoms with Crippen LogP contribution in [-0.2, 0) is 6.54 Å². The van der Waals surface area contributed by atoms with E-state index in [1.807, 2.05) is 85.3 Å². The Morgan fingerprint density at radius 2 is 1.71 bits per heavy atom. The Kier molecular flexibility index (Phi) is 6.95. The Bertz CT molecular complexity index is 1650. The van der Waals surface area contributed by atoms with Gasteiger partial charge in [-0.05, 0) is 67.9 Å². The Morgan fingerprint density at radius 1 is 0.974 bits per heavy atom. The molecule has 0 aliphatic carbocycles. The first kappa shape index (κ1) is 24.8. The summed E-state index contributed by atoms with van der Waals surface area (Å²) in [4.78, 5) is 31.1. The highest BCUT2D eigenvalue weighted by molar-refractivity contribution is 6.05. The van der Waals surface area contributed by atoms with Gasteiger partial charge in [0.15, 0.2) is 0 Å². The Labute approximate surface area is 220 Å². The predicted molar refractivity (Wildman–Crippen MR) is 151 cm³/mol. The highest BCUT2D eigenvalue weighted by Gasteiger charge is 2.23. The van der Waals surface area contributed by atoms with Gasteiger partial charge in [-0.1, -0.05) is 25.1 Å². The molecule has 0 saturated carbocycles. The lowest BCUT2D eigenvalue weighted by molar-refractivity contribution is 0.102. The minimum atomic E-state index is -0.429. The number of hydrogen-bond donors (Lipinski definition) is 2. The molecule has 0 unspecified atom stereocenters. The number of amides is 1. The Hall–Kier alpha value is -4.85. The molecule has 0 saturated heterocycles. The van der Waals surface area contributed by atoms with Gasteiger partial charge in [-0.25, -0.2) is 4.68 Å². The number of ether oxygens (including phenoxy) is 1. The number of hydrogen-bond acceptors (Lipinski definition) is 5. The summed E-state index contributed by atoms with van der Waals surface area (Å²) in [6.07, 6.45) is 2.57. The molecule has 0 fully saturated rings. The van der Waals surface area contributed by atoms with Crippen LogP contribution >= 0.6 is 0 Å². The number of aromatic nitrogens is 3. The van der Waals surface area contributed by atoms with E-state index in [1.165, 1.54) is 0 Å². The van der Waals surface area contributed by atoms with Gasteiger partial charge in [-0.2, -0.15) is 0 Å². The number of nitrogens with zero attached hydrogens (tertiary/aromatic N) is 3. The monoisotopic (exact) mass is 507 g/mol. The van der Waals surface area contributed by atoms with E-state index in [0.717, 1.165) is 40.1 Å². The van der Waals surface area contributed by atoms with Crippen LogP contribution in [0.5, 0.6) is 5.75 Å². The first-order chi connectivity index (χ1) is 18.5. The van der Waals surface area contributed by atoms with Gasteiger partial charge in [0.05, 0.1) is 24.0 Å². The minimum absolute atomic E-state index is 0.142. The molecule has 2 heterocycles. The molecule has 0 aliphatic rings. The van der Waals surface area contributed by atoms with E-state index in [0.29, 0.717) is 17.9 Å². The van der Waals surface area contributed by atoms with Crippen molar-refractivity contribution in [2.24, 2.45) is 0 Å². The molecule has 5 aromatic rings. The number of benzene rings is 3. The zero-order valence-electron chi connectivity index (χ0n) is 21.6. The van der Waals surface area contributed by atoms with Crippen LogP contribution in [0, 0.1) is 6.92 Å². The second kappa shape index (κ2) is 10.6. The molecule has 0 atom stereocenters. The third kappa shape index (κ3) is 4.76. The summed E-state index contributed by atoms with van der Waals surface area (Å²) in [7, 11) is 1.63. The van der Waals surface area contributed by atoms with Crippen LogP contribution < -0.4 is 20.9 Å². The molecule has 0 spiro atoms. The van der Waals surface area contributed by atoms with Crippen molar-refractivity contribution >= 4 is 33.9 Å². The molecule has 0 aliphatic heterocycles. The molecular weight excluding hydrogens is 478 g/mol. The molecule has 192 valence electrons. The number of methoxy groups -OCH3 is 1. The highest BCUT2D eigenvalue weighted by atomic mass is 16.5. The van der Waals surface area contributed by atoms with E-state index in [4.69, 9.17) is 4.74 Å². The van der Waals surface area contributed by atoms with Gasteiger partial charge >= 0.3 is 0 Å². The topological polar surface area (TPSA) is 90.2 Å². The van der Waals surface area contributed by atoms with Gasteiger partial charge in [0, 0.05) is 41.3 Å². The third-order valence-corrected chi connectivity index (χ3v) is 6.43. The number of pyridine rings is 1. The molecule has 0 bridgehead atoms. The average Bonchev–Trinajstić information content (AvgIpc) is 3.19. The number of carbonyl (C=O) groups excluding carboxylic acids is 1. The fourth-order valence-electron chi connectivity index (χ4n) is 4.57. The van der Waals surface area contributed by atoms with Crippen LogP contribution in [0.3, 0.4) is 0 Å². The second-order valence-electron chi connectivity index (χ2n) is 8.93. The van der Waals surface area contributed by atoms with E-state index in [1.54, 1.807) is 30.1 Å². The standard InChI is InChI=1S/C30H29N5O3/c1-4-18-34-20(2)28(30(37)35(34)23-8-6-5-7-9-23)29(36)33-22-12-10-21(11-13-22)32-26-16-17-31-27-19-24(38-3)14-15-25(26)27/h5-17,19H,4,18H2,1-3H3,(H,31,32)(H,33,36). The van der Waals surface area contributed by atoms with Gasteiger partial charge < -0.3 is 15.4 Å². The van der Waals surface area contributed by atoms with Crippen LogP contribution in [0.15, 0.2) is 89.9 Å². The molecule has 2 N–H and O–H groups in total. The molecule has 8 heteroatoms. The number of carbonyl (C=O) groups is 1. The first-order valence-corrected chi connectivity index (χ1v) is 12.5. The molecule has 38 heavy (non-hydrogen) atoms. The molecule has 3 aromatic carbocycles. The van der Waals surface area contributed by atoms with E-state index in [2.05, 4.69) is 15.6 Å².